The molecular weight excluding hydrogens is 466 g/mol. The van der Waals surface area contributed by atoms with Gasteiger partial charge < -0.3 is 15.4 Å². The Morgan fingerprint density at radius 1 is 1.07 bits per heavy atom. The predicted octanol–water partition coefficient (Wildman–Crippen LogP) is 4.89. The molecule has 0 fully saturated rings. The van der Waals surface area contributed by atoms with Crippen LogP contribution in [0.4, 0.5) is 5.69 Å². The average molecular weight is 492 g/mol. The standard InChI is InChI=1S/C22H26BrN3O3S/c1-3-5-12-29-19-10-9-16(23)14-18(19)21(28)26-22(30)25-17-8-6-7-15(13-17)20(27)24-11-4-2/h6-10,13-14H,3-5,11-12H2,1-2H3,(H,24,27)(H2,25,26,28,30). The van der Waals surface area contributed by atoms with Crippen LogP contribution in [0.2, 0.25) is 0 Å². The molecule has 0 aliphatic heterocycles. The summed E-state index contributed by atoms with van der Waals surface area (Å²) < 4.78 is 6.50. The summed E-state index contributed by atoms with van der Waals surface area (Å²) in [6.45, 7) is 5.21. The van der Waals surface area contributed by atoms with E-state index in [0.717, 1.165) is 23.7 Å². The second-order valence-corrected chi connectivity index (χ2v) is 7.91. The number of rotatable bonds is 9. The van der Waals surface area contributed by atoms with Crippen molar-refractivity contribution in [3.8, 4) is 5.75 Å². The minimum Gasteiger partial charge on any atom is -0.493 e. The van der Waals surface area contributed by atoms with E-state index in [2.05, 4.69) is 38.8 Å². The highest BCUT2D eigenvalue weighted by Gasteiger charge is 2.15. The van der Waals surface area contributed by atoms with E-state index in [4.69, 9.17) is 17.0 Å². The summed E-state index contributed by atoms with van der Waals surface area (Å²) in [5.41, 5.74) is 1.51. The van der Waals surface area contributed by atoms with Gasteiger partial charge in [-0.3, -0.25) is 14.9 Å². The number of anilines is 1. The highest BCUT2D eigenvalue weighted by Crippen LogP contribution is 2.23. The van der Waals surface area contributed by atoms with Crippen LogP contribution in [0.3, 0.4) is 0 Å². The molecule has 3 N–H and O–H groups in total. The Kier molecular flexibility index (Phi) is 9.76. The van der Waals surface area contributed by atoms with E-state index in [1.54, 1.807) is 36.4 Å². The number of halogens is 1. The first-order valence-corrected chi connectivity index (χ1v) is 11.1. The van der Waals surface area contributed by atoms with Crippen LogP contribution in [-0.2, 0) is 0 Å². The van der Waals surface area contributed by atoms with Gasteiger partial charge in [-0.25, -0.2) is 0 Å². The molecule has 30 heavy (non-hydrogen) atoms. The molecule has 0 unspecified atom stereocenters. The molecule has 8 heteroatoms. The average Bonchev–Trinajstić information content (AvgIpc) is 2.73. The van der Waals surface area contributed by atoms with Gasteiger partial charge in [-0.05, 0) is 61.5 Å². The van der Waals surface area contributed by atoms with E-state index in [1.165, 1.54) is 0 Å². The second-order valence-electron chi connectivity index (χ2n) is 6.59. The molecule has 0 heterocycles. The van der Waals surface area contributed by atoms with Crippen LogP contribution in [-0.4, -0.2) is 30.1 Å². The zero-order valence-corrected chi connectivity index (χ0v) is 19.5. The van der Waals surface area contributed by atoms with Crippen molar-refractivity contribution in [2.75, 3.05) is 18.5 Å². The Morgan fingerprint density at radius 3 is 2.60 bits per heavy atom. The molecule has 0 bridgehead atoms. The first-order chi connectivity index (χ1) is 14.4. The number of ether oxygens (including phenoxy) is 1. The maximum absolute atomic E-state index is 12.7. The number of thiocarbonyl (C=S) groups is 1. The molecule has 0 atom stereocenters. The number of benzene rings is 2. The topological polar surface area (TPSA) is 79.5 Å². The number of nitrogens with one attached hydrogen (secondary N) is 3. The van der Waals surface area contributed by atoms with E-state index in [9.17, 15) is 9.59 Å². The Bertz CT molecular complexity index is 905. The van der Waals surface area contributed by atoms with Crippen LogP contribution >= 0.6 is 28.1 Å². The summed E-state index contributed by atoms with van der Waals surface area (Å²) in [5.74, 6) is -0.0304. The van der Waals surface area contributed by atoms with Crippen LogP contribution in [0.5, 0.6) is 5.75 Å². The molecule has 0 saturated carbocycles. The fourth-order valence-electron chi connectivity index (χ4n) is 2.54. The molecule has 0 aliphatic rings. The first kappa shape index (κ1) is 23.8. The lowest BCUT2D eigenvalue weighted by Crippen LogP contribution is -2.34. The number of hydrogen-bond donors (Lipinski definition) is 3. The van der Waals surface area contributed by atoms with Gasteiger partial charge >= 0.3 is 0 Å². The molecule has 2 amide bonds. The van der Waals surface area contributed by atoms with Gasteiger partial charge in [0.05, 0.1) is 12.2 Å². The Labute approximate surface area is 190 Å². The van der Waals surface area contributed by atoms with Crippen LogP contribution in [0, 0.1) is 0 Å². The molecule has 0 saturated heterocycles. The minimum atomic E-state index is -0.378. The molecule has 0 aliphatic carbocycles. The summed E-state index contributed by atoms with van der Waals surface area (Å²) >= 11 is 8.66. The minimum absolute atomic E-state index is 0.130. The number of carbonyl (C=O) groups excluding carboxylic acids is 2. The molecule has 2 rings (SSSR count). The highest BCUT2D eigenvalue weighted by atomic mass is 79.9. The number of unbranched alkanes of at least 4 members (excludes halogenated alkanes) is 1. The van der Waals surface area contributed by atoms with E-state index in [1.807, 2.05) is 13.0 Å². The van der Waals surface area contributed by atoms with Crippen LogP contribution in [0.15, 0.2) is 46.9 Å². The van der Waals surface area contributed by atoms with Gasteiger partial charge in [-0.2, -0.15) is 0 Å². The summed E-state index contributed by atoms with van der Waals surface area (Å²) in [6.07, 6.45) is 2.76. The molecular formula is C22H26BrN3O3S. The summed E-state index contributed by atoms with van der Waals surface area (Å²) in [5, 5.41) is 8.57. The Balaban J connectivity index is 2.04. The van der Waals surface area contributed by atoms with Gasteiger partial charge in [0.25, 0.3) is 11.8 Å². The predicted molar refractivity (Wildman–Crippen MR) is 127 cm³/mol. The fourth-order valence-corrected chi connectivity index (χ4v) is 3.12. The van der Waals surface area contributed by atoms with E-state index >= 15 is 0 Å². The lowest BCUT2D eigenvalue weighted by molar-refractivity contribution is 0.0950. The maximum atomic E-state index is 12.7. The maximum Gasteiger partial charge on any atom is 0.261 e. The fraction of sp³-hybridized carbons (Fsp3) is 0.318. The zero-order valence-electron chi connectivity index (χ0n) is 17.1. The third-order valence-electron chi connectivity index (χ3n) is 4.09. The third-order valence-corrected chi connectivity index (χ3v) is 4.78. The lowest BCUT2D eigenvalue weighted by Gasteiger charge is -2.14. The third kappa shape index (κ3) is 7.42. The molecule has 160 valence electrons. The smallest absolute Gasteiger partial charge is 0.261 e. The van der Waals surface area contributed by atoms with Crippen molar-refractivity contribution in [3.63, 3.8) is 0 Å². The number of amides is 2. The van der Waals surface area contributed by atoms with E-state index in [0.29, 0.717) is 35.7 Å². The van der Waals surface area contributed by atoms with Crippen molar-refractivity contribution >= 4 is 50.8 Å². The van der Waals surface area contributed by atoms with Gasteiger partial charge in [-0.15, -0.1) is 0 Å². The normalized spacial score (nSPS) is 10.2. The lowest BCUT2D eigenvalue weighted by atomic mass is 10.2. The van der Waals surface area contributed by atoms with Crippen molar-refractivity contribution in [1.82, 2.24) is 10.6 Å². The van der Waals surface area contributed by atoms with E-state index in [-0.39, 0.29) is 16.9 Å². The van der Waals surface area contributed by atoms with Crippen molar-refractivity contribution < 1.29 is 14.3 Å². The van der Waals surface area contributed by atoms with Crippen molar-refractivity contribution in [3.05, 3.63) is 58.1 Å². The Hall–Kier alpha value is -2.45. The second kappa shape index (κ2) is 12.3. The summed E-state index contributed by atoms with van der Waals surface area (Å²) in [6, 6.07) is 12.2. The zero-order chi connectivity index (χ0) is 21.9. The monoisotopic (exact) mass is 491 g/mol. The van der Waals surface area contributed by atoms with Crippen LogP contribution < -0.4 is 20.7 Å². The van der Waals surface area contributed by atoms with Crippen molar-refractivity contribution in [2.45, 2.75) is 33.1 Å². The summed E-state index contributed by atoms with van der Waals surface area (Å²) in [4.78, 5) is 24.9. The molecule has 6 nitrogen and oxygen atoms in total. The van der Waals surface area contributed by atoms with Gasteiger partial charge in [0.2, 0.25) is 0 Å². The Morgan fingerprint density at radius 2 is 1.87 bits per heavy atom. The first-order valence-electron chi connectivity index (χ1n) is 9.87. The number of hydrogen-bond acceptors (Lipinski definition) is 4. The van der Waals surface area contributed by atoms with Gasteiger partial charge in [0.1, 0.15) is 5.75 Å². The highest BCUT2D eigenvalue weighted by molar-refractivity contribution is 9.10. The van der Waals surface area contributed by atoms with Gasteiger partial charge in [-0.1, -0.05) is 42.3 Å². The van der Waals surface area contributed by atoms with E-state index < -0.39 is 0 Å². The summed E-state index contributed by atoms with van der Waals surface area (Å²) in [7, 11) is 0. The number of carbonyl (C=O) groups is 2. The van der Waals surface area contributed by atoms with Crippen molar-refractivity contribution in [2.24, 2.45) is 0 Å². The molecule has 0 radical (unpaired) electrons. The van der Waals surface area contributed by atoms with Gasteiger partial charge in [0.15, 0.2) is 5.11 Å². The molecule has 0 spiro atoms. The molecule has 2 aromatic rings. The van der Waals surface area contributed by atoms with Crippen LogP contribution in [0.25, 0.3) is 0 Å². The van der Waals surface area contributed by atoms with Crippen LogP contribution in [0.1, 0.15) is 53.8 Å². The largest absolute Gasteiger partial charge is 0.493 e. The quantitative estimate of drug-likeness (QED) is 0.343. The van der Waals surface area contributed by atoms with Gasteiger partial charge in [0, 0.05) is 22.3 Å². The molecule has 0 aromatic heterocycles. The SMILES string of the molecule is CCCCOc1ccc(Br)cc1C(=O)NC(=S)Nc1cccc(C(=O)NCCC)c1. The molecule has 2 aromatic carbocycles. The van der Waals surface area contributed by atoms with Crippen molar-refractivity contribution in [1.29, 1.82) is 0 Å².